The zero-order valence-corrected chi connectivity index (χ0v) is 16.3. The molecule has 1 atom stereocenters. The van der Waals surface area contributed by atoms with Crippen LogP contribution in [0.5, 0.6) is 0 Å². The van der Waals surface area contributed by atoms with Crippen molar-refractivity contribution in [1.82, 2.24) is 19.4 Å². The van der Waals surface area contributed by atoms with Gasteiger partial charge in [0, 0.05) is 49.0 Å². The van der Waals surface area contributed by atoms with Gasteiger partial charge in [-0.3, -0.25) is 9.88 Å². The first-order valence-electron chi connectivity index (χ1n) is 10.2. The van der Waals surface area contributed by atoms with Crippen molar-refractivity contribution in [2.45, 2.75) is 51.4 Å². The summed E-state index contributed by atoms with van der Waals surface area (Å²) in [4.78, 5) is 10.9. The Hall–Kier alpha value is -2.41. The van der Waals surface area contributed by atoms with Crippen LogP contribution in [0.4, 0.5) is 13.2 Å². The number of halogens is 3. The molecular weight excluding hydrogens is 377 g/mol. The highest BCUT2D eigenvalue weighted by Crippen LogP contribution is 2.42. The first-order chi connectivity index (χ1) is 13.9. The zero-order valence-electron chi connectivity index (χ0n) is 16.3. The van der Waals surface area contributed by atoms with E-state index >= 15 is 0 Å². The average molecular weight is 400 g/mol. The second kappa shape index (κ2) is 6.83. The van der Waals surface area contributed by atoms with Crippen molar-refractivity contribution < 1.29 is 13.2 Å². The summed E-state index contributed by atoms with van der Waals surface area (Å²) in [6.45, 7) is 4.99. The molecule has 2 aliphatic rings. The van der Waals surface area contributed by atoms with E-state index in [0.29, 0.717) is 19.0 Å². The fourth-order valence-corrected chi connectivity index (χ4v) is 4.94. The van der Waals surface area contributed by atoms with Gasteiger partial charge in [-0.05, 0) is 61.6 Å². The molecule has 5 rings (SSSR count). The lowest BCUT2D eigenvalue weighted by molar-refractivity contribution is -0.141. The maximum Gasteiger partial charge on any atom is 0.433 e. The Morgan fingerprint density at radius 3 is 2.76 bits per heavy atom. The number of aromatic nitrogens is 3. The molecule has 4 nitrogen and oxygen atoms in total. The van der Waals surface area contributed by atoms with Crippen LogP contribution < -0.4 is 0 Å². The Balaban J connectivity index is 1.49. The molecule has 29 heavy (non-hydrogen) atoms. The van der Waals surface area contributed by atoms with Gasteiger partial charge in [-0.2, -0.15) is 13.2 Å². The quantitative estimate of drug-likeness (QED) is 0.639. The molecule has 5 heterocycles. The lowest BCUT2D eigenvalue weighted by atomic mass is 9.96. The molecule has 0 spiro atoms. The van der Waals surface area contributed by atoms with Crippen molar-refractivity contribution in [3.8, 4) is 0 Å². The topological polar surface area (TPSA) is 34.0 Å². The van der Waals surface area contributed by atoms with Crippen molar-refractivity contribution in [3.63, 3.8) is 0 Å². The summed E-state index contributed by atoms with van der Waals surface area (Å²) in [7, 11) is 0. The predicted molar refractivity (Wildman–Crippen MR) is 105 cm³/mol. The highest BCUT2D eigenvalue weighted by Gasteiger charge is 2.35. The lowest BCUT2D eigenvalue weighted by Crippen LogP contribution is -2.31. The Morgan fingerprint density at radius 2 is 2.00 bits per heavy atom. The summed E-state index contributed by atoms with van der Waals surface area (Å²) in [6.07, 6.45) is 2.88. The summed E-state index contributed by atoms with van der Waals surface area (Å²) in [5, 5.41) is 1.24. The summed E-state index contributed by atoms with van der Waals surface area (Å²) in [5.74, 6) is 0. The molecule has 0 N–H and O–H groups in total. The van der Waals surface area contributed by atoms with E-state index < -0.39 is 11.9 Å². The Kier molecular flexibility index (Phi) is 4.38. The third kappa shape index (κ3) is 3.21. The number of aryl methyl sites for hydroxylation is 3. The lowest BCUT2D eigenvalue weighted by Gasteiger charge is -2.31. The summed E-state index contributed by atoms with van der Waals surface area (Å²) in [6, 6.07) is 5.30. The van der Waals surface area contributed by atoms with Gasteiger partial charge in [0.05, 0.1) is 0 Å². The largest absolute Gasteiger partial charge is 0.433 e. The molecule has 1 saturated heterocycles. The van der Waals surface area contributed by atoms with Crippen LogP contribution in [-0.4, -0.2) is 32.5 Å². The van der Waals surface area contributed by atoms with E-state index in [1.807, 2.05) is 6.20 Å². The summed E-state index contributed by atoms with van der Waals surface area (Å²) >= 11 is 0. The maximum atomic E-state index is 12.8. The number of alkyl halides is 3. The van der Waals surface area contributed by atoms with Gasteiger partial charge in [0.1, 0.15) is 11.3 Å². The van der Waals surface area contributed by atoms with Crippen LogP contribution in [-0.2, 0) is 25.6 Å². The number of fused-ring (bicyclic) bond motifs is 5. The number of hydrogen-bond acceptors (Lipinski definition) is 3. The van der Waals surface area contributed by atoms with E-state index in [4.69, 9.17) is 4.98 Å². The standard InChI is InChI=1S/C22H23F3N4/c1-14-11-16-20-17-3-2-8-28(17)9-7-18(20)29(21(16)27-12-14)10-6-15-4-5-19(26-13-15)22(23,24)25/h4-5,11-13,17H,2-3,6-10H2,1H3. The minimum absolute atomic E-state index is 0.471. The van der Waals surface area contributed by atoms with Crippen molar-refractivity contribution >= 4 is 11.0 Å². The Morgan fingerprint density at radius 1 is 1.14 bits per heavy atom. The molecule has 1 unspecified atom stereocenters. The Bertz CT molecular complexity index is 1050. The van der Waals surface area contributed by atoms with Gasteiger partial charge in [-0.1, -0.05) is 6.07 Å². The fraction of sp³-hybridized carbons (Fsp3) is 0.455. The zero-order chi connectivity index (χ0) is 20.2. The molecule has 0 amide bonds. The number of hydrogen-bond donors (Lipinski definition) is 0. The minimum atomic E-state index is -4.40. The SMILES string of the molecule is Cc1cnc2c(c1)c1c(n2CCc2ccc(C(F)(F)F)nc2)CCN2CCCC12. The Labute approximate surface area is 167 Å². The van der Waals surface area contributed by atoms with Crippen molar-refractivity contribution in [2.75, 3.05) is 13.1 Å². The average Bonchev–Trinajstić information content (AvgIpc) is 3.28. The molecule has 0 radical (unpaired) electrons. The number of nitrogens with zero attached hydrogens (tertiary/aromatic N) is 4. The van der Waals surface area contributed by atoms with Crippen LogP contribution in [0, 0.1) is 6.92 Å². The predicted octanol–water partition coefficient (Wildman–Crippen LogP) is 4.69. The van der Waals surface area contributed by atoms with Crippen LogP contribution in [0.25, 0.3) is 11.0 Å². The number of pyridine rings is 2. The third-order valence-electron chi connectivity index (χ3n) is 6.26. The minimum Gasteiger partial charge on any atom is -0.329 e. The maximum absolute atomic E-state index is 12.8. The van der Waals surface area contributed by atoms with E-state index in [9.17, 15) is 13.2 Å². The van der Waals surface area contributed by atoms with E-state index in [0.717, 1.165) is 42.4 Å². The second-order valence-corrected chi connectivity index (χ2v) is 8.14. The van der Waals surface area contributed by atoms with Gasteiger partial charge in [0.2, 0.25) is 0 Å². The summed E-state index contributed by atoms with van der Waals surface area (Å²) in [5.41, 5.74) is 4.88. The van der Waals surface area contributed by atoms with Gasteiger partial charge in [-0.25, -0.2) is 4.98 Å². The van der Waals surface area contributed by atoms with Crippen molar-refractivity contribution in [2.24, 2.45) is 0 Å². The summed E-state index contributed by atoms with van der Waals surface area (Å²) < 4.78 is 40.5. The molecule has 0 saturated carbocycles. The molecule has 0 bridgehead atoms. The van der Waals surface area contributed by atoms with Crippen molar-refractivity contribution in [3.05, 3.63) is 58.7 Å². The first kappa shape index (κ1) is 18.6. The fourth-order valence-electron chi connectivity index (χ4n) is 4.94. The van der Waals surface area contributed by atoms with Gasteiger partial charge in [0.15, 0.2) is 0 Å². The first-order valence-corrected chi connectivity index (χ1v) is 10.2. The van der Waals surface area contributed by atoms with E-state index in [1.54, 1.807) is 0 Å². The van der Waals surface area contributed by atoms with Crippen molar-refractivity contribution in [1.29, 1.82) is 0 Å². The molecule has 3 aromatic rings. The van der Waals surface area contributed by atoms with Gasteiger partial charge < -0.3 is 4.57 Å². The van der Waals surface area contributed by atoms with Crippen LogP contribution in [0.2, 0.25) is 0 Å². The van der Waals surface area contributed by atoms with Gasteiger partial charge >= 0.3 is 6.18 Å². The highest BCUT2D eigenvalue weighted by molar-refractivity contribution is 5.84. The van der Waals surface area contributed by atoms with Gasteiger partial charge in [0.25, 0.3) is 0 Å². The van der Waals surface area contributed by atoms with Crippen LogP contribution in [0.3, 0.4) is 0 Å². The van der Waals surface area contributed by atoms with E-state index in [-0.39, 0.29) is 0 Å². The molecule has 152 valence electrons. The van der Waals surface area contributed by atoms with E-state index in [2.05, 4.69) is 27.4 Å². The molecule has 3 aromatic heterocycles. The van der Waals surface area contributed by atoms with Crippen LogP contribution in [0.15, 0.2) is 30.6 Å². The normalized spacial score (nSPS) is 19.5. The molecule has 7 heteroatoms. The molecule has 0 aliphatic carbocycles. The monoisotopic (exact) mass is 400 g/mol. The van der Waals surface area contributed by atoms with Crippen LogP contribution >= 0.6 is 0 Å². The van der Waals surface area contributed by atoms with Crippen LogP contribution in [0.1, 0.15) is 47.0 Å². The molecular formula is C22H23F3N4. The second-order valence-electron chi connectivity index (χ2n) is 8.14. The van der Waals surface area contributed by atoms with Gasteiger partial charge in [-0.15, -0.1) is 0 Å². The third-order valence-corrected chi connectivity index (χ3v) is 6.26. The number of rotatable bonds is 3. The molecule has 1 fully saturated rings. The highest BCUT2D eigenvalue weighted by atomic mass is 19.4. The smallest absolute Gasteiger partial charge is 0.329 e. The molecule has 0 aromatic carbocycles. The van der Waals surface area contributed by atoms with E-state index in [1.165, 1.54) is 41.7 Å². The molecule has 2 aliphatic heterocycles.